The fraction of sp³-hybridized carbons (Fsp3) is 0.561. The van der Waals surface area contributed by atoms with Gasteiger partial charge in [0.05, 0.1) is 24.2 Å². The zero-order chi connectivity index (χ0) is 38.9. The van der Waals surface area contributed by atoms with E-state index >= 15 is 0 Å². The lowest BCUT2D eigenvalue weighted by atomic mass is 9.83. The molecule has 0 unspecified atom stereocenters. The van der Waals surface area contributed by atoms with Crippen molar-refractivity contribution in [3.63, 3.8) is 0 Å². The molecule has 13 heteroatoms. The maximum atomic E-state index is 14.4. The number of aromatic amines is 1. The fourth-order valence-electron chi connectivity index (χ4n) is 6.84. The van der Waals surface area contributed by atoms with Gasteiger partial charge in [0.2, 0.25) is 11.8 Å². The van der Waals surface area contributed by atoms with Crippen LogP contribution in [0.25, 0.3) is 0 Å². The minimum Gasteiger partial charge on any atom is -0.436 e. The molecular weight excluding hydrogens is 686 g/mol. The molecule has 2 aromatic heterocycles. The Labute approximate surface area is 319 Å². The first kappa shape index (κ1) is 42.0. The van der Waals surface area contributed by atoms with Crippen molar-refractivity contribution in [3.05, 3.63) is 84.2 Å². The van der Waals surface area contributed by atoms with Crippen molar-refractivity contribution in [1.29, 1.82) is 0 Å². The highest BCUT2D eigenvalue weighted by molar-refractivity contribution is 5.90. The van der Waals surface area contributed by atoms with Crippen LogP contribution < -0.4 is 10.6 Å². The molecule has 3 aromatic rings. The van der Waals surface area contributed by atoms with Crippen molar-refractivity contribution >= 4 is 23.8 Å². The maximum absolute atomic E-state index is 14.4. The van der Waals surface area contributed by atoms with Crippen LogP contribution in [-0.2, 0) is 38.5 Å². The normalized spacial score (nSPS) is 15.4. The number of H-pyrrole nitrogens is 1. The van der Waals surface area contributed by atoms with Crippen molar-refractivity contribution in [3.8, 4) is 0 Å². The maximum Gasteiger partial charge on any atom is 0.410 e. The van der Waals surface area contributed by atoms with E-state index in [1.807, 2.05) is 36.4 Å². The number of amides is 4. The number of nitrogens with one attached hydrogen (secondary N) is 3. The lowest BCUT2D eigenvalue weighted by Crippen LogP contribution is -2.56. The molecule has 1 aromatic carbocycles. The molecule has 0 spiro atoms. The molecule has 4 N–H and O–H groups in total. The smallest absolute Gasteiger partial charge is 0.410 e. The number of pyridine rings is 1. The number of aliphatic hydroxyl groups excluding tert-OH is 1. The number of nitrogens with zero attached hydrogens (tertiary/aromatic N) is 4. The number of imidazole rings is 1. The molecule has 1 aliphatic rings. The third kappa shape index (κ3) is 13.9. The molecule has 0 radical (unpaired) electrons. The van der Waals surface area contributed by atoms with E-state index in [2.05, 4.69) is 39.4 Å². The van der Waals surface area contributed by atoms with Crippen LogP contribution in [0.4, 0.5) is 4.79 Å². The number of carbonyl (C=O) groups excluding carboxylic acids is 4. The Hall–Kier alpha value is -4.78. The van der Waals surface area contributed by atoms with Crippen molar-refractivity contribution in [2.45, 2.75) is 115 Å². The minimum absolute atomic E-state index is 0.0278. The number of ether oxygens (including phenoxy) is 1. The topological polar surface area (TPSA) is 170 Å². The molecule has 4 rings (SSSR count). The van der Waals surface area contributed by atoms with Crippen LogP contribution in [0.1, 0.15) is 88.5 Å². The number of aromatic nitrogens is 3. The molecular formula is C41H59N7O6. The Morgan fingerprint density at radius 3 is 2.39 bits per heavy atom. The van der Waals surface area contributed by atoms with E-state index in [9.17, 15) is 24.3 Å². The van der Waals surface area contributed by atoms with Gasteiger partial charge < -0.3 is 35.3 Å². The second kappa shape index (κ2) is 21.8. The third-order valence-electron chi connectivity index (χ3n) is 10.2. The predicted molar refractivity (Wildman–Crippen MR) is 206 cm³/mol. The largest absolute Gasteiger partial charge is 0.436 e. The van der Waals surface area contributed by atoms with Crippen LogP contribution in [0.2, 0.25) is 0 Å². The van der Waals surface area contributed by atoms with Crippen molar-refractivity contribution in [2.75, 3.05) is 20.6 Å². The summed E-state index contributed by atoms with van der Waals surface area (Å²) in [6, 6.07) is 11.4. The number of rotatable bonds is 20. The summed E-state index contributed by atoms with van der Waals surface area (Å²) in [5.41, 5.74) is 2.20. The van der Waals surface area contributed by atoms with Gasteiger partial charge in [-0.05, 0) is 48.3 Å². The minimum atomic E-state index is -1.27. The molecule has 4 amide bonds. The van der Waals surface area contributed by atoms with Gasteiger partial charge in [-0.15, -0.1) is 0 Å². The predicted octanol–water partition coefficient (Wildman–Crippen LogP) is 4.81. The van der Waals surface area contributed by atoms with Crippen molar-refractivity contribution in [2.24, 2.45) is 11.8 Å². The van der Waals surface area contributed by atoms with Crippen molar-refractivity contribution in [1.82, 2.24) is 35.4 Å². The fourth-order valence-corrected chi connectivity index (χ4v) is 6.84. The van der Waals surface area contributed by atoms with E-state index < -0.39 is 42.2 Å². The van der Waals surface area contributed by atoms with Gasteiger partial charge in [0, 0.05) is 65.0 Å². The molecule has 13 nitrogen and oxygen atoms in total. The molecule has 1 fully saturated rings. The standard InChI is InChI=1S/C41H59N7O6/c1-29(2)17-18-36(49)34(22-30-12-7-5-8-13-30)46-39(51)35(24-33-27-43-28-45-33)48(4)40(52)37(23-31-14-9-6-10-15-31)54-41(53)47(3)21-19-38(50)44-26-32-16-11-20-42-25-32/h6,9-11,14-16,20,25,27-30,34-37,49H,5,7-8,12-13,17-19,21-24,26H2,1-4H3,(H,43,45)(H,44,50)(H,46,51)/t34-,35-,36-,37-/m0/s1. The lowest BCUT2D eigenvalue weighted by Gasteiger charge is -2.34. The van der Waals surface area contributed by atoms with Gasteiger partial charge >= 0.3 is 6.09 Å². The molecule has 1 saturated carbocycles. The second-order valence-electron chi connectivity index (χ2n) is 15.0. The van der Waals surface area contributed by atoms with Crippen LogP contribution in [0.3, 0.4) is 0 Å². The molecule has 4 atom stereocenters. The average molecular weight is 746 g/mol. The molecule has 0 bridgehead atoms. The van der Waals surface area contributed by atoms with Gasteiger partial charge in [-0.25, -0.2) is 9.78 Å². The Morgan fingerprint density at radius 1 is 0.981 bits per heavy atom. The SMILES string of the molecule is CC(C)CC[C@H](O)[C@H](CC1CCCCC1)NC(=O)[C@H](Cc1c[nH]cn1)N(C)C(=O)[C@H](Cc1ccccc1)OC(=O)N(C)CCC(=O)NCc1cccnc1. The highest BCUT2D eigenvalue weighted by Gasteiger charge is 2.36. The Balaban J connectivity index is 1.49. The summed E-state index contributed by atoms with van der Waals surface area (Å²) >= 11 is 0. The number of carbonyl (C=O) groups is 4. The first-order chi connectivity index (χ1) is 26.0. The average Bonchev–Trinajstić information content (AvgIpc) is 3.70. The van der Waals surface area contributed by atoms with E-state index in [1.54, 1.807) is 24.7 Å². The number of hydrogen-bond acceptors (Lipinski definition) is 8. The Morgan fingerprint density at radius 2 is 1.72 bits per heavy atom. The summed E-state index contributed by atoms with van der Waals surface area (Å²) in [6.07, 6.45) is 11.6. The van der Waals surface area contributed by atoms with Gasteiger partial charge in [-0.1, -0.05) is 82.3 Å². The van der Waals surface area contributed by atoms with E-state index in [0.717, 1.165) is 43.2 Å². The van der Waals surface area contributed by atoms with Crippen LogP contribution in [-0.4, -0.2) is 98.6 Å². The third-order valence-corrected chi connectivity index (χ3v) is 10.2. The van der Waals surface area contributed by atoms with Gasteiger partial charge in [-0.2, -0.15) is 0 Å². The highest BCUT2D eigenvalue weighted by atomic mass is 16.6. The number of benzene rings is 1. The molecule has 54 heavy (non-hydrogen) atoms. The van der Waals surface area contributed by atoms with Crippen LogP contribution in [0.5, 0.6) is 0 Å². The van der Waals surface area contributed by atoms with Gasteiger partial charge in [0.25, 0.3) is 5.91 Å². The first-order valence-corrected chi connectivity index (χ1v) is 19.3. The molecule has 2 heterocycles. The Bertz CT molecular complexity index is 1570. The van der Waals surface area contributed by atoms with Crippen LogP contribution >= 0.6 is 0 Å². The molecule has 0 saturated heterocycles. The zero-order valence-electron chi connectivity index (χ0n) is 32.3. The monoisotopic (exact) mass is 745 g/mol. The molecule has 1 aliphatic carbocycles. The second-order valence-corrected chi connectivity index (χ2v) is 15.0. The van der Waals surface area contributed by atoms with Gasteiger partial charge in [0.15, 0.2) is 6.10 Å². The summed E-state index contributed by atoms with van der Waals surface area (Å²) in [6.45, 7) is 4.60. The van der Waals surface area contributed by atoms with E-state index in [1.165, 1.54) is 36.6 Å². The summed E-state index contributed by atoms with van der Waals surface area (Å²) in [5.74, 6) is -0.411. The van der Waals surface area contributed by atoms with Gasteiger partial charge in [-0.3, -0.25) is 19.4 Å². The van der Waals surface area contributed by atoms with Crippen LogP contribution in [0.15, 0.2) is 67.4 Å². The number of aliphatic hydroxyl groups is 1. The molecule has 0 aliphatic heterocycles. The van der Waals surface area contributed by atoms with E-state index in [-0.39, 0.29) is 31.7 Å². The first-order valence-electron chi connectivity index (χ1n) is 19.3. The van der Waals surface area contributed by atoms with Crippen molar-refractivity contribution < 1.29 is 29.0 Å². The highest BCUT2D eigenvalue weighted by Crippen LogP contribution is 2.29. The van der Waals surface area contributed by atoms with E-state index in [4.69, 9.17) is 4.74 Å². The summed E-state index contributed by atoms with van der Waals surface area (Å²) in [7, 11) is 3.04. The Kier molecular flexibility index (Phi) is 16.9. The van der Waals surface area contributed by atoms with Crippen LogP contribution in [0, 0.1) is 11.8 Å². The molecule has 294 valence electrons. The van der Waals surface area contributed by atoms with Gasteiger partial charge in [0.1, 0.15) is 6.04 Å². The summed E-state index contributed by atoms with van der Waals surface area (Å²) in [4.78, 5) is 68.5. The summed E-state index contributed by atoms with van der Waals surface area (Å²) < 4.78 is 5.86. The van der Waals surface area contributed by atoms with E-state index in [0.29, 0.717) is 36.9 Å². The summed E-state index contributed by atoms with van der Waals surface area (Å²) in [5, 5.41) is 17.4. The lowest BCUT2D eigenvalue weighted by molar-refractivity contribution is -0.146. The zero-order valence-corrected chi connectivity index (χ0v) is 32.3. The quantitative estimate of drug-likeness (QED) is 0.128. The number of hydrogen-bond donors (Lipinski definition) is 4. The number of likely N-dealkylation sites (N-methyl/N-ethyl adjacent to an activating group) is 1.